The Bertz CT molecular complexity index is 945. The fourth-order valence-electron chi connectivity index (χ4n) is 3.67. The molecule has 7 heteroatoms. The van der Waals surface area contributed by atoms with Crippen LogP contribution in [0.2, 0.25) is 5.02 Å². The zero-order valence-electron chi connectivity index (χ0n) is 14.4. The molecular weight excluding hydrogens is 374 g/mol. The second kappa shape index (κ2) is 6.76. The lowest BCUT2D eigenvalue weighted by molar-refractivity contribution is 0.357. The van der Waals surface area contributed by atoms with Gasteiger partial charge in [-0.05, 0) is 47.7 Å². The van der Waals surface area contributed by atoms with Crippen molar-refractivity contribution in [2.45, 2.75) is 23.7 Å². The second-order valence-corrected chi connectivity index (χ2v) is 8.95. The number of halogens is 1. The predicted molar refractivity (Wildman–Crippen MR) is 99.8 cm³/mol. The fourth-order valence-corrected chi connectivity index (χ4v) is 5.59. The summed E-state index contributed by atoms with van der Waals surface area (Å²) in [6.07, 6.45) is 1.71. The number of fused-ring (bicyclic) bond motifs is 1. The van der Waals surface area contributed by atoms with Gasteiger partial charge in [0.15, 0.2) is 0 Å². The van der Waals surface area contributed by atoms with Gasteiger partial charge in [0.05, 0.1) is 13.7 Å². The van der Waals surface area contributed by atoms with Crippen LogP contribution in [0.5, 0.6) is 11.5 Å². The quantitative estimate of drug-likeness (QED) is 0.798. The van der Waals surface area contributed by atoms with E-state index in [0.29, 0.717) is 23.9 Å². The summed E-state index contributed by atoms with van der Waals surface area (Å²) in [5.41, 5.74) is 2.38. The maximum absolute atomic E-state index is 13.1. The van der Waals surface area contributed by atoms with E-state index < -0.39 is 10.0 Å². The molecule has 0 aromatic heterocycles. The van der Waals surface area contributed by atoms with Gasteiger partial charge in [0.2, 0.25) is 10.0 Å². The lowest BCUT2D eigenvalue weighted by atomic mass is 9.96. The van der Waals surface area contributed by atoms with Crippen LogP contribution in [0, 0.1) is 0 Å². The van der Waals surface area contributed by atoms with Crippen LogP contribution in [-0.2, 0) is 16.4 Å². The van der Waals surface area contributed by atoms with E-state index in [1.165, 1.54) is 28.6 Å². The Kier molecular flexibility index (Phi) is 4.59. The first-order valence-electron chi connectivity index (χ1n) is 8.58. The molecule has 0 bridgehead atoms. The van der Waals surface area contributed by atoms with Gasteiger partial charge < -0.3 is 9.47 Å². The highest BCUT2D eigenvalue weighted by Crippen LogP contribution is 2.37. The van der Waals surface area contributed by atoms with Gasteiger partial charge in [0.25, 0.3) is 0 Å². The largest absolute Gasteiger partial charge is 0.495 e. The van der Waals surface area contributed by atoms with Gasteiger partial charge in [0, 0.05) is 24.5 Å². The normalized spacial score (nSPS) is 20.0. The maximum atomic E-state index is 13.1. The summed E-state index contributed by atoms with van der Waals surface area (Å²) in [4.78, 5) is 0.121. The molecule has 2 aromatic carbocycles. The molecule has 1 unspecified atom stereocenters. The molecule has 2 heterocycles. The third kappa shape index (κ3) is 3.06. The zero-order valence-corrected chi connectivity index (χ0v) is 16.0. The molecule has 0 N–H and O–H groups in total. The van der Waals surface area contributed by atoms with E-state index in [4.69, 9.17) is 21.1 Å². The van der Waals surface area contributed by atoms with Crippen LogP contribution >= 0.6 is 11.6 Å². The predicted octanol–water partition coefficient (Wildman–Crippen LogP) is 3.46. The van der Waals surface area contributed by atoms with Gasteiger partial charge in [-0.15, -0.1) is 0 Å². The summed E-state index contributed by atoms with van der Waals surface area (Å²) in [7, 11) is -2.20. The molecule has 0 aliphatic carbocycles. The highest BCUT2D eigenvalue weighted by atomic mass is 35.5. The minimum absolute atomic E-state index is 0.121. The highest BCUT2D eigenvalue weighted by molar-refractivity contribution is 7.89. The Morgan fingerprint density at radius 2 is 2.08 bits per heavy atom. The van der Waals surface area contributed by atoms with E-state index in [1.807, 2.05) is 12.1 Å². The maximum Gasteiger partial charge on any atom is 0.246 e. The van der Waals surface area contributed by atoms with E-state index in [2.05, 4.69) is 6.07 Å². The Morgan fingerprint density at radius 3 is 2.88 bits per heavy atom. The first-order valence-corrected chi connectivity index (χ1v) is 10.4. The smallest absolute Gasteiger partial charge is 0.246 e. The highest BCUT2D eigenvalue weighted by Gasteiger charge is 2.35. The van der Waals surface area contributed by atoms with Crippen molar-refractivity contribution in [2.24, 2.45) is 0 Å². The van der Waals surface area contributed by atoms with Crippen molar-refractivity contribution >= 4 is 21.6 Å². The number of sulfonamides is 1. The molecule has 2 aromatic rings. The van der Waals surface area contributed by atoms with E-state index in [9.17, 15) is 8.42 Å². The Labute approximate surface area is 158 Å². The number of methoxy groups -OCH3 is 1. The molecule has 2 aliphatic heterocycles. The SMILES string of the molecule is COc1ccc(Cl)cc1S(=O)(=O)N1CCC(c2ccc3c(c2)CCO3)C1. The van der Waals surface area contributed by atoms with Crippen LogP contribution in [0.25, 0.3) is 0 Å². The van der Waals surface area contributed by atoms with Gasteiger partial charge in [-0.3, -0.25) is 0 Å². The van der Waals surface area contributed by atoms with Crippen molar-refractivity contribution in [2.75, 3.05) is 26.8 Å². The topological polar surface area (TPSA) is 55.8 Å². The first kappa shape index (κ1) is 17.6. The van der Waals surface area contributed by atoms with Crippen molar-refractivity contribution in [3.05, 3.63) is 52.5 Å². The summed E-state index contributed by atoms with van der Waals surface area (Å²) in [6, 6.07) is 10.9. The van der Waals surface area contributed by atoms with Gasteiger partial charge in [0.1, 0.15) is 16.4 Å². The Morgan fingerprint density at radius 1 is 1.23 bits per heavy atom. The molecule has 1 fully saturated rings. The molecule has 0 saturated carbocycles. The van der Waals surface area contributed by atoms with Crippen molar-refractivity contribution in [3.63, 3.8) is 0 Å². The molecule has 0 radical (unpaired) electrons. The van der Waals surface area contributed by atoms with Gasteiger partial charge in [-0.25, -0.2) is 8.42 Å². The van der Waals surface area contributed by atoms with Crippen LogP contribution in [0.4, 0.5) is 0 Å². The minimum atomic E-state index is -3.66. The number of benzene rings is 2. The summed E-state index contributed by atoms with van der Waals surface area (Å²) in [5.74, 6) is 1.44. The number of hydrogen-bond acceptors (Lipinski definition) is 4. The molecule has 138 valence electrons. The van der Waals surface area contributed by atoms with Gasteiger partial charge >= 0.3 is 0 Å². The van der Waals surface area contributed by atoms with Crippen molar-refractivity contribution < 1.29 is 17.9 Å². The van der Waals surface area contributed by atoms with E-state index in [1.54, 1.807) is 12.1 Å². The standard InChI is InChI=1S/C19H20ClNO4S/c1-24-18-5-3-16(20)11-19(18)26(22,23)21-8-6-15(12-21)13-2-4-17-14(10-13)7-9-25-17/h2-5,10-11,15H,6-9,12H2,1H3. The molecule has 2 aliphatic rings. The molecule has 4 rings (SSSR count). The molecule has 5 nitrogen and oxygen atoms in total. The number of nitrogens with zero attached hydrogens (tertiary/aromatic N) is 1. The molecular formula is C19H20ClNO4S. The first-order chi connectivity index (χ1) is 12.5. The molecule has 0 spiro atoms. The van der Waals surface area contributed by atoms with Crippen LogP contribution in [-0.4, -0.2) is 39.5 Å². The van der Waals surface area contributed by atoms with E-state index >= 15 is 0 Å². The molecule has 1 atom stereocenters. The van der Waals surface area contributed by atoms with Gasteiger partial charge in [-0.1, -0.05) is 23.7 Å². The van der Waals surface area contributed by atoms with E-state index in [-0.39, 0.29) is 10.8 Å². The summed E-state index contributed by atoms with van der Waals surface area (Å²) < 4.78 is 38.5. The summed E-state index contributed by atoms with van der Waals surface area (Å²) >= 11 is 6.01. The molecule has 26 heavy (non-hydrogen) atoms. The van der Waals surface area contributed by atoms with Crippen LogP contribution < -0.4 is 9.47 Å². The minimum Gasteiger partial charge on any atom is -0.495 e. The third-order valence-corrected chi connectivity index (χ3v) is 7.20. The van der Waals surface area contributed by atoms with Crippen LogP contribution in [0.15, 0.2) is 41.3 Å². The lowest BCUT2D eigenvalue weighted by Crippen LogP contribution is -2.29. The Hall–Kier alpha value is -1.76. The molecule has 1 saturated heterocycles. The summed E-state index contributed by atoms with van der Waals surface area (Å²) in [5, 5.41) is 0.374. The second-order valence-electron chi connectivity index (χ2n) is 6.61. The lowest BCUT2D eigenvalue weighted by Gasteiger charge is -2.19. The third-order valence-electron chi connectivity index (χ3n) is 5.08. The monoisotopic (exact) mass is 393 g/mol. The average molecular weight is 394 g/mol. The fraction of sp³-hybridized carbons (Fsp3) is 0.368. The van der Waals surface area contributed by atoms with Gasteiger partial charge in [-0.2, -0.15) is 4.31 Å². The summed E-state index contributed by atoms with van der Waals surface area (Å²) in [6.45, 7) is 1.66. The molecule has 0 amide bonds. The van der Waals surface area contributed by atoms with Crippen molar-refractivity contribution in [3.8, 4) is 11.5 Å². The average Bonchev–Trinajstić information content (AvgIpc) is 3.30. The number of rotatable bonds is 4. The number of hydrogen-bond donors (Lipinski definition) is 0. The van der Waals surface area contributed by atoms with Crippen molar-refractivity contribution in [1.29, 1.82) is 0 Å². The van der Waals surface area contributed by atoms with Crippen LogP contribution in [0.1, 0.15) is 23.5 Å². The van der Waals surface area contributed by atoms with Crippen molar-refractivity contribution in [1.82, 2.24) is 4.31 Å². The van der Waals surface area contributed by atoms with E-state index in [0.717, 1.165) is 25.2 Å². The van der Waals surface area contributed by atoms with Crippen LogP contribution in [0.3, 0.4) is 0 Å². The number of ether oxygens (including phenoxy) is 2. The zero-order chi connectivity index (χ0) is 18.3. The Balaban J connectivity index is 1.59.